The van der Waals surface area contributed by atoms with Gasteiger partial charge in [-0.2, -0.15) is 0 Å². The highest BCUT2D eigenvalue weighted by molar-refractivity contribution is 7.18. The van der Waals surface area contributed by atoms with Crippen molar-refractivity contribution in [1.82, 2.24) is 10.2 Å². The second kappa shape index (κ2) is 6.32. The molecule has 1 heterocycles. The number of benzene rings is 2. The predicted octanol–water partition coefficient (Wildman–Crippen LogP) is 3.57. The smallest absolute Gasteiger partial charge is 0.270 e. The number of nitro groups is 1. The quantitative estimate of drug-likeness (QED) is 0.448. The summed E-state index contributed by atoms with van der Waals surface area (Å²) in [4.78, 5) is 14.4. The molecule has 3 rings (SSSR count). The Balaban J connectivity index is 1.83. The lowest BCUT2D eigenvalue weighted by atomic mass is 10.2. The summed E-state index contributed by atoms with van der Waals surface area (Å²) in [5.74, 6) is 0.123. The lowest BCUT2D eigenvalue weighted by Gasteiger charge is -1.97. The van der Waals surface area contributed by atoms with E-state index in [9.17, 15) is 15.2 Å². The van der Waals surface area contributed by atoms with Crippen LogP contribution in [0.5, 0.6) is 5.75 Å². The van der Waals surface area contributed by atoms with Crippen LogP contribution in [0, 0.1) is 10.1 Å². The normalized spacial score (nSPS) is 11.0. The van der Waals surface area contributed by atoms with Crippen molar-refractivity contribution in [3.63, 3.8) is 0 Å². The van der Waals surface area contributed by atoms with Gasteiger partial charge in [0.05, 0.1) is 10.5 Å². The number of phenols is 1. The first-order valence-electron chi connectivity index (χ1n) is 6.54. The summed E-state index contributed by atoms with van der Waals surface area (Å²) in [5, 5.41) is 29.4. The van der Waals surface area contributed by atoms with E-state index < -0.39 is 4.92 Å². The van der Waals surface area contributed by atoms with Gasteiger partial charge in [-0.15, -0.1) is 10.2 Å². The van der Waals surface area contributed by atoms with Gasteiger partial charge in [-0.1, -0.05) is 35.6 Å². The molecule has 3 aromatic rings. The van der Waals surface area contributed by atoms with Gasteiger partial charge in [-0.25, -0.2) is 4.99 Å². The summed E-state index contributed by atoms with van der Waals surface area (Å²) < 4.78 is 0. The Morgan fingerprint density at radius 1 is 1.17 bits per heavy atom. The summed E-state index contributed by atoms with van der Waals surface area (Å²) in [5.41, 5.74) is 1.18. The molecule has 0 aliphatic heterocycles. The monoisotopic (exact) mass is 326 g/mol. The summed E-state index contributed by atoms with van der Waals surface area (Å²) in [6.07, 6.45) is 1.49. The second-order valence-corrected chi connectivity index (χ2v) is 5.47. The molecule has 0 aliphatic rings. The van der Waals surface area contributed by atoms with Crippen molar-refractivity contribution in [1.29, 1.82) is 0 Å². The van der Waals surface area contributed by atoms with Gasteiger partial charge in [0.1, 0.15) is 5.75 Å². The van der Waals surface area contributed by atoms with Gasteiger partial charge >= 0.3 is 0 Å². The number of hydrogen-bond acceptors (Lipinski definition) is 7. The van der Waals surface area contributed by atoms with Crippen molar-refractivity contribution in [2.45, 2.75) is 0 Å². The van der Waals surface area contributed by atoms with Gasteiger partial charge in [0.15, 0.2) is 5.01 Å². The number of aliphatic imine (C=N–C) groups is 1. The van der Waals surface area contributed by atoms with Crippen molar-refractivity contribution < 1.29 is 10.0 Å². The van der Waals surface area contributed by atoms with Gasteiger partial charge in [0.25, 0.3) is 5.69 Å². The molecule has 23 heavy (non-hydrogen) atoms. The fourth-order valence-corrected chi connectivity index (χ4v) is 2.60. The van der Waals surface area contributed by atoms with Crippen LogP contribution in [0.3, 0.4) is 0 Å². The number of aromatic hydroxyl groups is 1. The zero-order valence-corrected chi connectivity index (χ0v) is 12.5. The number of rotatable bonds is 4. The van der Waals surface area contributed by atoms with Crippen molar-refractivity contribution in [3.8, 4) is 16.3 Å². The number of para-hydroxylation sites is 1. The van der Waals surface area contributed by atoms with Crippen molar-refractivity contribution in [3.05, 3.63) is 64.2 Å². The SMILES string of the molecule is O=[N+]([O-])c1cccc(/C=N/c2nnc(-c3ccccc3O)s2)c1. The lowest BCUT2D eigenvalue weighted by molar-refractivity contribution is -0.384. The fraction of sp³-hybridized carbons (Fsp3) is 0. The number of phenolic OH excluding ortho intramolecular Hbond substituents is 1. The summed E-state index contributed by atoms with van der Waals surface area (Å²) in [6.45, 7) is 0. The maximum absolute atomic E-state index is 10.7. The maximum Gasteiger partial charge on any atom is 0.270 e. The molecule has 0 unspecified atom stereocenters. The van der Waals surface area contributed by atoms with E-state index in [1.54, 1.807) is 36.4 Å². The minimum atomic E-state index is -0.460. The van der Waals surface area contributed by atoms with Crippen LogP contribution in [-0.4, -0.2) is 26.4 Å². The third-order valence-corrected chi connectivity index (χ3v) is 3.82. The Bertz CT molecular complexity index is 892. The Kier molecular flexibility index (Phi) is 4.07. The molecule has 1 N–H and O–H groups in total. The topological polar surface area (TPSA) is 102 Å². The third-order valence-electron chi connectivity index (χ3n) is 2.95. The summed E-state index contributed by atoms with van der Waals surface area (Å²) in [6, 6.07) is 13.0. The van der Waals surface area contributed by atoms with Crippen LogP contribution in [0.2, 0.25) is 0 Å². The number of aromatic nitrogens is 2. The number of non-ortho nitro benzene ring substituents is 1. The Hall–Kier alpha value is -3.13. The molecule has 0 aliphatic carbocycles. The predicted molar refractivity (Wildman–Crippen MR) is 87.4 cm³/mol. The Morgan fingerprint density at radius 3 is 2.78 bits per heavy atom. The molecule has 0 fully saturated rings. The van der Waals surface area contributed by atoms with Gasteiger partial charge in [0, 0.05) is 18.3 Å². The number of nitrogens with zero attached hydrogens (tertiary/aromatic N) is 4. The lowest BCUT2D eigenvalue weighted by Crippen LogP contribution is -1.89. The first-order chi connectivity index (χ1) is 11.1. The molecule has 0 saturated carbocycles. The highest BCUT2D eigenvalue weighted by atomic mass is 32.1. The van der Waals surface area contributed by atoms with Crippen LogP contribution in [0.1, 0.15) is 5.56 Å². The fourth-order valence-electron chi connectivity index (χ4n) is 1.88. The van der Waals surface area contributed by atoms with Gasteiger partial charge in [-0.3, -0.25) is 10.1 Å². The second-order valence-electron chi connectivity index (χ2n) is 4.52. The van der Waals surface area contributed by atoms with E-state index in [1.165, 1.54) is 29.7 Å². The average Bonchev–Trinajstić information content (AvgIpc) is 3.02. The van der Waals surface area contributed by atoms with E-state index in [-0.39, 0.29) is 11.4 Å². The van der Waals surface area contributed by atoms with Crippen LogP contribution in [0.15, 0.2) is 53.5 Å². The highest BCUT2D eigenvalue weighted by Gasteiger charge is 2.09. The molecule has 2 aromatic carbocycles. The maximum atomic E-state index is 10.7. The number of hydrogen-bond donors (Lipinski definition) is 1. The zero-order chi connectivity index (χ0) is 16.2. The molecular formula is C15H10N4O3S. The minimum Gasteiger partial charge on any atom is -0.507 e. The summed E-state index contributed by atoms with van der Waals surface area (Å²) in [7, 11) is 0. The van der Waals surface area contributed by atoms with Crippen molar-refractivity contribution in [2.24, 2.45) is 4.99 Å². The zero-order valence-electron chi connectivity index (χ0n) is 11.7. The Morgan fingerprint density at radius 2 is 2.00 bits per heavy atom. The minimum absolute atomic E-state index is 0.00103. The molecule has 0 spiro atoms. The molecule has 0 radical (unpaired) electrons. The van der Waals surface area contributed by atoms with Crippen LogP contribution in [-0.2, 0) is 0 Å². The first-order valence-corrected chi connectivity index (χ1v) is 7.35. The largest absolute Gasteiger partial charge is 0.507 e. The molecule has 7 nitrogen and oxygen atoms in total. The van der Waals surface area contributed by atoms with Gasteiger partial charge in [0.2, 0.25) is 5.13 Å². The van der Waals surface area contributed by atoms with Crippen LogP contribution in [0.25, 0.3) is 10.6 Å². The molecule has 8 heteroatoms. The van der Waals surface area contributed by atoms with E-state index in [2.05, 4.69) is 15.2 Å². The molecule has 0 bridgehead atoms. The average molecular weight is 326 g/mol. The van der Waals surface area contributed by atoms with E-state index in [0.717, 1.165) is 0 Å². The standard InChI is InChI=1S/C15H10N4O3S/c20-13-7-2-1-6-12(13)14-17-18-15(23-14)16-9-10-4-3-5-11(8-10)19(21)22/h1-9,20H/b16-9+. The molecule has 0 saturated heterocycles. The molecule has 1 aromatic heterocycles. The van der Waals surface area contributed by atoms with Crippen LogP contribution < -0.4 is 0 Å². The van der Waals surface area contributed by atoms with E-state index in [0.29, 0.717) is 21.3 Å². The third kappa shape index (κ3) is 3.38. The molecule has 0 atom stereocenters. The summed E-state index contributed by atoms with van der Waals surface area (Å²) >= 11 is 1.22. The van der Waals surface area contributed by atoms with Crippen molar-refractivity contribution >= 4 is 28.4 Å². The molecule has 114 valence electrons. The van der Waals surface area contributed by atoms with Crippen LogP contribution in [0.4, 0.5) is 10.8 Å². The Labute approximate surface area is 134 Å². The number of nitro benzene ring substituents is 1. The van der Waals surface area contributed by atoms with E-state index in [1.807, 2.05) is 0 Å². The highest BCUT2D eigenvalue weighted by Crippen LogP contribution is 2.33. The van der Waals surface area contributed by atoms with Gasteiger partial charge < -0.3 is 5.11 Å². The van der Waals surface area contributed by atoms with E-state index >= 15 is 0 Å². The van der Waals surface area contributed by atoms with Crippen molar-refractivity contribution in [2.75, 3.05) is 0 Å². The molecular weight excluding hydrogens is 316 g/mol. The molecule has 0 amide bonds. The first kappa shape index (κ1) is 14.8. The van der Waals surface area contributed by atoms with Gasteiger partial charge in [-0.05, 0) is 17.7 Å². The van der Waals surface area contributed by atoms with Crippen LogP contribution >= 0.6 is 11.3 Å². The van der Waals surface area contributed by atoms with E-state index in [4.69, 9.17) is 0 Å².